The molecule has 1 aromatic carbocycles. The third-order valence-corrected chi connectivity index (χ3v) is 4.99. The van der Waals surface area contributed by atoms with E-state index in [0.717, 1.165) is 11.9 Å². The standard InChI is InChI=1S/C16H25NOS/c1-3-19-15-10-9-14(11-15)17-16(12-18-2)13-7-5-4-6-8-13/h4-8,14-17H,3,9-12H2,1-2H3. The summed E-state index contributed by atoms with van der Waals surface area (Å²) in [6.45, 7) is 3.00. The molecule has 1 aliphatic rings. The van der Waals surface area contributed by atoms with E-state index in [2.05, 4.69) is 54.3 Å². The van der Waals surface area contributed by atoms with E-state index in [1.807, 2.05) is 0 Å². The Labute approximate surface area is 121 Å². The molecule has 0 aliphatic heterocycles. The Morgan fingerprint density at radius 2 is 2.11 bits per heavy atom. The van der Waals surface area contributed by atoms with E-state index < -0.39 is 0 Å². The zero-order valence-electron chi connectivity index (χ0n) is 12.0. The Morgan fingerprint density at radius 3 is 2.79 bits per heavy atom. The van der Waals surface area contributed by atoms with Crippen LogP contribution < -0.4 is 5.32 Å². The first-order chi connectivity index (χ1) is 9.33. The van der Waals surface area contributed by atoms with Gasteiger partial charge in [-0.05, 0) is 30.6 Å². The van der Waals surface area contributed by atoms with Crippen molar-refractivity contribution in [3.63, 3.8) is 0 Å². The molecule has 106 valence electrons. The van der Waals surface area contributed by atoms with Crippen molar-refractivity contribution in [2.45, 2.75) is 43.5 Å². The maximum atomic E-state index is 5.38. The summed E-state index contributed by atoms with van der Waals surface area (Å²) >= 11 is 2.11. The number of methoxy groups -OCH3 is 1. The van der Waals surface area contributed by atoms with E-state index in [-0.39, 0.29) is 0 Å². The summed E-state index contributed by atoms with van der Waals surface area (Å²) in [6.07, 6.45) is 3.95. The minimum absolute atomic E-state index is 0.321. The van der Waals surface area contributed by atoms with Crippen molar-refractivity contribution in [3.05, 3.63) is 35.9 Å². The third kappa shape index (κ3) is 4.51. The molecule has 1 aliphatic carbocycles. The molecule has 2 nitrogen and oxygen atoms in total. The van der Waals surface area contributed by atoms with Crippen molar-refractivity contribution in [3.8, 4) is 0 Å². The van der Waals surface area contributed by atoms with Crippen LogP contribution in [-0.4, -0.2) is 30.8 Å². The molecule has 1 saturated carbocycles. The lowest BCUT2D eigenvalue weighted by molar-refractivity contribution is 0.161. The van der Waals surface area contributed by atoms with Gasteiger partial charge in [-0.3, -0.25) is 0 Å². The van der Waals surface area contributed by atoms with Crippen molar-refractivity contribution in [1.29, 1.82) is 0 Å². The average Bonchev–Trinajstić information content (AvgIpc) is 2.87. The van der Waals surface area contributed by atoms with E-state index in [1.54, 1.807) is 7.11 Å². The lowest BCUT2D eigenvalue weighted by Gasteiger charge is -2.23. The van der Waals surface area contributed by atoms with Gasteiger partial charge < -0.3 is 10.1 Å². The van der Waals surface area contributed by atoms with Gasteiger partial charge in [-0.2, -0.15) is 11.8 Å². The van der Waals surface area contributed by atoms with E-state index in [9.17, 15) is 0 Å². The lowest BCUT2D eigenvalue weighted by atomic mass is 10.1. The zero-order valence-corrected chi connectivity index (χ0v) is 12.8. The molecular formula is C16H25NOS. The molecule has 2 rings (SSSR count). The van der Waals surface area contributed by atoms with Crippen LogP contribution in [0.2, 0.25) is 0 Å². The molecule has 3 unspecified atom stereocenters. The summed E-state index contributed by atoms with van der Waals surface area (Å²) in [5.41, 5.74) is 1.33. The molecule has 0 radical (unpaired) electrons. The fraction of sp³-hybridized carbons (Fsp3) is 0.625. The highest BCUT2D eigenvalue weighted by molar-refractivity contribution is 7.99. The first kappa shape index (κ1) is 14.9. The normalized spacial score (nSPS) is 24.5. The second-order valence-electron chi connectivity index (χ2n) is 5.17. The highest BCUT2D eigenvalue weighted by atomic mass is 32.2. The molecule has 3 heteroatoms. The third-order valence-electron chi connectivity index (χ3n) is 3.76. The van der Waals surface area contributed by atoms with Crippen molar-refractivity contribution in [2.24, 2.45) is 0 Å². The zero-order chi connectivity index (χ0) is 13.5. The van der Waals surface area contributed by atoms with Crippen LogP contribution in [0.25, 0.3) is 0 Å². The molecule has 0 bridgehead atoms. The first-order valence-corrected chi connectivity index (χ1v) is 8.30. The average molecular weight is 279 g/mol. The number of hydrogen-bond donors (Lipinski definition) is 1. The second kappa shape index (κ2) is 7.93. The van der Waals surface area contributed by atoms with Gasteiger partial charge in [-0.1, -0.05) is 37.3 Å². The van der Waals surface area contributed by atoms with Crippen LogP contribution in [0.5, 0.6) is 0 Å². The quantitative estimate of drug-likeness (QED) is 0.823. The number of nitrogens with one attached hydrogen (secondary N) is 1. The van der Waals surface area contributed by atoms with Gasteiger partial charge in [0.15, 0.2) is 0 Å². The minimum atomic E-state index is 0.321. The Balaban J connectivity index is 1.91. The Bertz CT molecular complexity index is 357. The summed E-state index contributed by atoms with van der Waals surface area (Å²) < 4.78 is 5.38. The summed E-state index contributed by atoms with van der Waals surface area (Å²) in [5.74, 6) is 1.23. The lowest BCUT2D eigenvalue weighted by Crippen LogP contribution is -2.33. The smallest absolute Gasteiger partial charge is 0.0657 e. The molecule has 1 fully saturated rings. The van der Waals surface area contributed by atoms with Gasteiger partial charge in [-0.15, -0.1) is 0 Å². The van der Waals surface area contributed by atoms with Crippen LogP contribution in [0.15, 0.2) is 30.3 Å². The number of ether oxygens (including phenoxy) is 1. The number of benzene rings is 1. The largest absolute Gasteiger partial charge is 0.383 e. The molecule has 0 amide bonds. The molecule has 3 atom stereocenters. The molecule has 0 aromatic heterocycles. The maximum absolute atomic E-state index is 5.38. The van der Waals surface area contributed by atoms with Gasteiger partial charge in [0.25, 0.3) is 0 Å². The Hall–Kier alpha value is -0.510. The fourth-order valence-corrected chi connectivity index (χ4v) is 4.00. The molecule has 1 aromatic rings. The predicted molar refractivity (Wildman–Crippen MR) is 83.8 cm³/mol. The predicted octanol–water partition coefficient (Wildman–Crippen LogP) is 3.64. The Kier molecular flexibility index (Phi) is 6.21. The van der Waals surface area contributed by atoms with Crippen LogP contribution in [0, 0.1) is 0 Å². The van der Waals surface area contributed by atoms with Crippen LogP contribution in [0.4, 0.5) is 0 Å². The summed E-state index contributed by atoms with van der Waals surface area (Å²) in [6, 6.07) is 11.6. The summed E-state index contributed by atoms with van der Waals surface area (Å²) in [7, 11) is 1.78. The van der Waals surface area contributed by atoms with Crippen molar-refractivity contribution in [1.82, 2.24) is 5.32 Å². The monoisotopic (exact) mass is 279 g/mol. The van der Waals surface area contributed by atoms with Gasteiger partial charge in [0.2, 0.25) is 0 Å². The van der Waals surface area contributed by atoms with E-state index in [4.69, 9.17) is 4.74 Å². The molecular weight excluding hydrogens is 254 g/mol. The number of rotatable bonds is 7. The second-order valence-corrected chi connectivity index (χ2v) is 6.75. The van der Waals surface area contributed by atoms with Crippen molar-refractivity contribution < 1.29 is 4.74 Å². The first-order valence-electron chi connectivity index (χ1n) is 7.25. The molecule has 0 spiro atoms. The van der Waals surface area contributed by atoms with Crippen molar-refractivity contribution in [2.75, 3.05) is 19.5 Å². The minimum Gasteiger partial charge on any atom is -0.383 e. The highest BCUT2D eigenvalue weighted by Gasteiger charge is 2.26. The fourth-order valence-electron chi connectivity index (χ4n) is 2.86. The molecule has 19 heavy (non-hydrogen) atoms. The van der Waals surface area contributed by atoms with Crippen LogP contribution in [0.1, 0.15) is 37.8 Å². The number of thioether (sulfide) groups is 1. The molecule has 0 saturated heterocycles. The van der Waals surface area contributed by atoms with Crippen LogP contribution >= 0.6 is 11.8 Å². The van der Waals surface area contributed by atoms with E-state index >= 15 is 0 Å². The van der Waals surface area contributed by atoms with Gasteiger partial charge >= 0.3 is 0 Å². The van der Waals surface area contributed by atoms with E-state index in [1.165, 1.54) is 30.6 Å². The Morgan fingerprint density at radius 1 is 1.32 bits per heavy atom. The highest BCUT2D eigenvalue weighted by Crippen LogP contribution is 2.31. The SMILES string of the molecule is CCSC1CCC(NC(COC)c2ccccc2)C1. The van der Waals surface area contributed by atoms with Crippen LogP contribution in [-0.2, 0) is 4.74 Å². The molecule has 1 N–H and O–H groups in total. The summed E-state index contributed by atoms with van der Waals surface area (Å²) in [4.78, 5) is 0. The van der Waals surface area contributed by atoms with E-state index in [0.29, 0.717) is 12.1 Å². The topological polar surface area (TPSA) is 21.3 Å². The van der Waals surface area contributed by atoms with Crippen LogP contribution in [0.3, 0.4) is 0 Å². The van der Waals surface area contributed by atoms with Crippen molar-refractivity contribution >= 4 is 11.8 Å². The van der Waals surface area contributed by atoms with Gasteiger partial charge in [-0.25, -0.2) is 0 Å². The maximum Gasteiger partial charge on any atom is 0.0657 e. The van der Waals surface area contributed by atoms with Gasteiger partial charge in [0.1, 0.15) is 0 Å². The van der Waals surface area contributed by atoms with Gasteiger partial charge in [0.05, 0.1) is 12.6 Å². The molecule has 0 heterocycles. The van der Waals surface area contributed by atoms with Gasteiger partial charge in [0, 0.05) is 18.4 Å². The summed E-state index contributed by atoms with van der Waals surface area (Å²) in [5, 5.41) is 4.63. The number of hydrogen-bond acceptors (Lipinski definition) is 3.